The van der Waals surface area contributed by atoms with Crippen LogP contribution in [0.4, 0.5) is 0 Å². The van der Waals surface area contributed by atoms with E-state index in [2.05, 4.69) is 25.3 Å². The highest BCUT2D eigenvalue weighted by Gasteiger charge is 2.28. The first-order valence-electron chi connectivity index (χ1n) is 5.50. The van der Waals surface area contributed by atoms with Crippen LogP contribution in [0.1, 0.15) is 30.1 Å². The molecule has 1 aromatic carbocycles. The summed E-state index contributed by atoms with van der Waals surface area (Å²) in [6.45, 7) is 2.03. The predicted octanol–water partition coefficient (Wildman–Crippen LogP) is 4.28. The topological polar surface area (TPSA) is 35.0 Å². The van der Waals surface area contributed by atoms with Gasteiger partial charge >= 0.3 is 0 Å². The van der Waals surface area contributed by atoms with Crippen molar-refractivity contribution < 1.29 is 4.74 Å². The second kappa shape index (κ2) is 4.38. The fraction of sp³-hybridized carbons (Fsp3) is 0.333. The Morgan fingerprint density at radius 3 is 2.94 bits per heavy atom. The van der Waals surface area contributed by atoms with Gasteiger partial charge in [0.25, 0.3) is 5.19 Å². The lowest BCUT2D eigenvalue weighted by atomic mass is 10.2. The molecule has 0 unspecified atom stereocenters. The molecule has 1 aromatic heterocycles. The van der Waals surface area contributed by atoms with E-state index in [1.54, 1.807) is 0 Å². The summed E-state index contributed by atoms with van der Waals surface area (Å²) < 4.78 is 11.1. The summed E-state index contributed by atoms with van der Waals surface area (Å²) in [6.07, 6.45) is 2.43. The van der Waals surface area contributed by atoms with Gasteiger partial charge in [-0.3, -0.25) is 0 Å². The lowest BCUT2D eigenvalue weighted by Crippen LogP contribution is -1.86. The van der Waals surface area contributed by atoms with Crippen LogP contribution in [-0.2, 0) is 0 Å². The van der Waals surface area contributed by atoms with Crippen LogP contribution in [-0.4, -0.2) is 9.36 Å². The number of aromatic nitrogens is 2. The molecule has 1 aliphatic carbocycles. The zero-order chi connectivity index (χ0) is 11.8. The molecule has 0 bridgehead atoms. The van der Waals surface area contributed by atoms with Gasteiger partial charge in [-0.25, -0.2) is 0 Å². The zero-order valence-electron chi connectivity index (χ0n) is 9.31. The second-order valence-corrected chi connectivity index (χ2v) is 5.77. The number of nitrogens with zero attached hydrogens (tertiary/aromatic N) is 2. The van der Waals surface area contributed by atoms with Crippen molar-refractivity contribution in [2.24, 2.45) is 0 Å². The first kappa shape index (κ1) is 11.2. The number of ether oxygens (including phenoxy) is 1. The van der Waals surface area contributed by atoms with E-state index in [4.69, 9.17) is 4.74 Å². The van der Waals surface area contributed by atoms with E-state index in [1.807, 2.05) is 25.1 Å². The third-order valence-electron chi connectivity index (χ3n) is 2.70. The molecule has 88 valence electrons. The molecule has 1 aliphatic rings. The van der Waals surface area contributed by atoms with E-state index in [-0.39, 0.29) is 0 Å². The summed E-state index contributed by atoms with van der Waals surface area (Å²) in [4.78, 5) is 4.39. The van der Waals surface area contributed by atoms with Gasteiger partial charge in [0.1, 0.15) is 11.6 Å². The van der Waals surface area contributed by atoms with Crippen molar-refractivity contribution >= 4 is 27.5 Å². The molecular weight excluding hydrogens is 300 g/mol. The molecule has 1 saturated carbocycles. The lowest BCUT2D eigenvalue weighted by Gasteiger charge is -2.03. The smallest absolute Gasteiger partial charge is 0.298 e. The molecule has 0 aliphatic heterocycles. The number of hydrogen-bond acceptors (Lipinski definition) is 4. The van der Waals surface area contributed by atoms with Crippen molar-refractivity contribution in [2.45, 2.75) is 25.7 Å². The monoisotopic (exact) mass is 310 g/mol. The van der Waals surface area contributed by atoms with Gasteiger partial charge in [-0.1, -0.05) is 15.9 Å². The molecule has 3 nitrogen and oxygen atoms in total. The molecule has 3 rings (SSSR count). The average Bonchev–Trinajstić information content (AvgIpc) is 3.06. The first-order valence-corrected chi connectivity index (χ1v) is 7.06. The molecule has 0 radical (unpaired) electrons. The highest BCUT2D eigenvalue weighted by Crippen LogP contribution is 2.40. The SMILES string of the molecule is Cc1cc(Oc2nc(C3CC3)ns2)ccc1Br. The molecule has 1 heterocycles. The van der Waals surface area contributed by atoms with E-state index < -0.39 is 0 Å². The predicted molar refractivity (Wildman–Crippen MR) is 70.8 cm³/mol. The minimum absolute atomic E-state index is 0.579. The van der Waals surface area contributed by atoms with Gasteiger partial charge in [-0.15, -0.1) is 0 Å². The Kier molecular flexibility index (Phi) is 2.88. The summed E-state index contributed by atoms with van der Waals surface area (Å²) >= 11 is 4.79. The van der Waals surface area contributed by atoms with E-state index in [0.717, 1.165) is 21.6 Å². The Morgan fingerprint density at radius 1 is 1.41 bits per heavy atom. The normalized spacial score (nSPS) is 14.9. The van der Waals surface area contributed by atoms with Crippen LogP contribution in [0.3, 0.4) is 0 Å². The van der Waals surface area contributed by atoms with Crippen molar-refractivity contribution in [3.8, 4) is 10.9 Å². The molecule has 0 spiro atoms. The van der Waals surface area contributed by atoms with Crippen molar-refractivity contribution in [1.29, 1.82) is 0 Å². The van der Waals surface area contributed by atoms with Crippen LogP contribution in [0.2, 0.25) is 0 Å². The largest absolute Gasteiger partial charge is 0.430 e. The highest BCUT2D eigenvalue weighted by molar-refractivity contribution is 9.10. The molecule has 0 amide bonds. The molecule has 17 heavy (non-hydrogen) atoms. The fourth-order valence-electron chi connectivity index (χ4n) is 1.55. The molecular formula is C12H11BrN2OS. The van der Waals surface area contributed by atoms with Crippen molar-refractivity contribution in [1.82, 2.24) is 9.36 Å². The van der Waals surface area contributed by atoms with E-state index in [9.17, 15) is 0 Å². The van der Waals surface area contributed by atoms with Crippen molar-refractivity contribution in [3.63, 3.8) is 0 Å². The Hall–Kier alpha value is -0.940. The maximum atomic E-state index is 5.70. The molecule has 2 aromatic rings. The number of halogens is 1. The Balaban J connectivity index is 1.78. The van der Waals surface area contributed by atoms with E-state index in [0.29, 0.717) is 11.1 Å². The number of aryl methyl sites for hydroxylation is 1. The van der Waals surface area contributed by atoms with Gasteiger partial charge < -0.3 is 4.74 Å². The van der Waals surface area contributed by atoms with Gasteiger partial charge in [-0.2, -0.15) is 9.36 Å². The van der Waals surface area contributed by atoms with Crippen LogP contribution in [0.5, 0.6) is 10.9 Å². The summed E-state index contributed by atoms with van der Waals surface area (Å²) in [5.74, 6) is 2.33. The third-order valence-corrected chi connectivity index (χ3v) is 4.20. The van der Waals surface area contributed by atoms with Crippen LogP contribution in [0, 0.1) is 6.92 Å². The highest BCUT2D eigenvalue weighted by atomic mass is 79.9. The molecule has 0 atom stereocenters. The maximum Gasteiger partial charge on any atom is 0.298 e. The minimum Gasteiger partial charge on any atom is -0.430 e. The van der Waals surface area contributed by atoms with Gasteiger partial charge in [0.15, 0.2) is 0 Å². The molecule has 1 fully saturated rings. The van der Waals surface area contributed by atoms with Crippen molar-refractivity contribution in [3.05, 3.63) is 34.1 Å². The first-order chi connectivity index (χ1) is 8.22. The van der Waals surface area contributed by atoms with Gasteiger partial charge in [0.2, 0.25) is 0 Å². The van der Waals surface area contributed by atoms with Crippen LogP contribution in [0.25, 0.3) is 0 Å². The molecule has 5 heteroatoms. The van der Waals surface area contributed by atoms with Gasteiger partial charge in [0.05, 0.1) is 0 Å². The Morgan fingerprint density at radius 2 is 2.24 bits per heavy atom. The Labute approximate surface area is 112 Å². The quantitative estimate of drug-likeness (QED) is 0.848. The van der Waals surface area contributed by atoms with E-state index in [1.165, 1.54) is 24.4 Å². The number of rotatable bonds is 3. The van der Waals surface area contributed by atoms with Crippen LogP contribution < -0.4 is 4.74 Å². The molecule has 0 saturated heterocycles. The fourth-order valence-corrected chi connectivity index (χ4v) is 2.43. The Bertz CT molecular complexity index is 551. The minimum atomic E-state index is 0.579. The van der Waals surface area contributed by atoms with E-state index >= 15 is 0 Å². The summed E-state index contributed by atoms with van der Waals surface area (Å²) in [7, 11) is 0. The average molecular weight is 311 g/mol. The summed E-state index contributed by atoms with van der Waals surface area (Å²) in [6, 6.07) is 5.89. The summed E-state index contributed by atoms with van der Waals surface area (Å²) in [5, 5.41) is 0.633. The maximum absolute atomic E-state index is 5.70. The standard InChI is InChI=1S/C12H11BrN2OS/c1-7-6-9(4-5-10(7)13)16-12-14-11(15-17-12)8-2-3-8/h4-6,8H,2-3H2,1H3. The zero-order valence-corrected chi connectivity index (χ0v) is 11.7. The lowest BCUT2D eigenvalue weighted by molar-refractivity contribution is 0.476. The number of hydrogen-bond donors (Lipinski definition) is 0. The van der Waals surface area contributed by atoms with Gasteiger partial charge in [0, 0.05) is 21.9 Å². The van der Waals surface area contributed by atoms with Crippen molar-refractivity contribution in [2.75, 3.05) is 0 Å². The third kappa shape index (κ3) is 2.50. The van der Waals surface area contributed by atoms with Gasteiger partial charge in [-0.05, 0) is 43.5 Å². The van der Waals surface area contributed by atoms with Crippen LogP contribution in [0.15, 0.2) is 22.7 Å². The van der Waals surface area contributed by atoms with Crippen LogP contribution >= 0.6 is 27.5 Å². The molecule has 0 N–H and O–H groups in total. The number of benzene rings is 1. The second-order valence-electron chi connectivity index (χ2n) is 4.21. The summed E-state index contributed by atoms with van der Waals surface area (Å²) in [5.41, 5.74) is 1.15.